The SMILES string of the molecule is CCC(C)C(NC(C)=O)C(N)=O. The number of amides is 2. The van der Waals surface area contributed by atoms with Gasteiger partial charge in [-0.05, 0) is 5.92 Å². The number of rotatable bonds is 4. The first-order valence-corrected chi connectivity index (χ1v) is 4.05. The van der Waals surface area contributed by atoms with Crippen LogP contribution in [-0.4, -0.2) is 17.9 Å². The van der Waals surface area contributed by atoms with Crippen molar-refractivity contribution in [2.24, 2.45) is 11.7 Å². The molecule has 0 spiro atoms. The van der Waals surface area contributed by atoms with E-state index in [4.69, 9.17) is 5.73 Å². The summed E-state index contributed by atoms with van der Waals surface area (Å²) in [6.07, 6.45) is 0.813. The minimum absolute atomic E-state index is 0.0893. The Balaban J connectivity index is 4.22. The number of nitrogens with one attached hydrogen (secondary N) is 1. The van der Waals surface area contributed by atoms with Crippen molar-refractivity contribution < 1.29 is 9.59 Å². The van der Waals surface area contributed by atoms with E-state index >= 15 is 0 Å². The third-order valence-corrected chi connectivity index (χ3v) is 1.88. The molecule has 0 aromatic carbocycles. The predicted octanol–water partition coefficient (Wildman–Crippen LogP) is 0.0225. The fraction of sp³-hybridized carbons (Fsp3) is 0.750. The first-order valence-electron chi connectivity index (χ1n) is 4.05. The van der Waals surface area contributed by atoms with E-state index in [1.165, 1.54) is 6.92 Å². The largest absolute Gasteiger partial charge is 0.368 e. The van der Waals surface area contributed by atoms with Gasteiger partial charge in [0.15, 0.2) is 0 Å². The molecule has 0 fully saturated rings. The average molecular weight is 172 g/mol. The average Bonchev–Trinajstić information content (AvgIpc) is 1.98. The minimum atomic E-state index is -0.535. The molecule has 2 unspecified atom stereocenters. The van der Waals surface area contributed by atoms with E-state index in [1.807, 2.05) is 13.8 Å². The van der Waals surface area contributed by atoms with Gasteiger partial charge in [-0.3, -0.25) is 9.59 Å². The van der Waals surface area contributed by atoms with E-state index in [1.54, 1.807) is 0 Å². The van der Waals surface area contributed by atoms with Gasteiger partial charge in [0.25, 0.3) is 0 Å². The summed E-state index contributed by atoms with van der Waals surface area (Å²) in [4.78, 5) is 21.5. The minimum Gasteiger partial charge on any atom is -0.368 e. The molecule has 0 rings (SSSR count). The van der Waals surface area contributed by atoms with Gasteiger partial charge in [-0.15, -0.1) is 0 Å². The van der Waals surface area contributed by atoms with Crippen LogP contribution >= 0.6 is 0 Å². The second-order valence-corrected chi connectivity index (χ2v) is 2.97. The zero-order valence-electron chi connectivity index (χ0n) is 7.76. The molecule has 0 aliphatic rings. The van der Waals surface area contributed by atoms with Gasteiger partial charge < -0.3 is 11.1 Å². The lowest BCUT2D eigenvalue weighted by Gasteiger charge is -2.19. The molecule has 0 saturated heterocycles. The quantitative estimate of drug-likeness (QED) is 0.627. The maximum atomic E-state index is 10.8. The Morgan fingerprint density at radius 2 is 2.00 bits per heavy atom. The highest BCUT2D eigenvalue weighted by atomic mass is 16.2. The lowest BCUT2D eigenvalue weighted by atomic mass is 9.99. The van der Waals surface area contributed by atoms with Crippen LogP contribution in [0.2, 0.25) is 0 Å². The fourth-order valence-corrected chi connectivity index (χ4v) is 0.948. The van der Waals surface area contributed by atoms with Crippen LogP contribution < -0.4 is 11.1 Å². The number of hydrogen-bond acceptors (Lipinski definition) is 2. The summed E-state index contributed by atoms with van der Waals surface area (Å²) in [5.41, 5.74) is 5.11. The van der Waals surface area contributed by atoms with Crippen molar-refractivity contribution in [3.63, 3.8) is 0 Å². The summed E-state index contributed by atoms with van der Waals surface area (Å²) >= 11 is 0. The van der Waals surface area contributed by atoms with Crippen LogP contribution in [0.3, 0.4) is 0 Å². The highest BCUT2D eigenvalue weighted by Crippen LogP contribution is 2.06. The van der Waals surface area contributed by atoms with Gasteiger partial charge in [0, 0.05) is 6.92 Å². The number of nitrogens with two attached hydrogens (primary N) is 1. The standard InChI is InChI=1S/C8H16N2O2/c1-4-5(2)7(8(9)12)10-6(3)11/h5,7H,4H2,1-3H3,(H2,9,12)(H,10,11). The molecule has 0 aromatic rings. The monoisotopic (exact) mass is 172 g/mol. The summed E-state index contributed by atoms with van der Waals surface area (Å²) in [6.45, 7) is 5.20. The van der Waals surface area contributed by atoms with Crippen molar-refractivity contribution in [3.8, 4) is 0 Å². The van der Waals surface area contributed by atoms with Gasteiger partial charge in [-0.1, -0.05) is 20.3 Å². The van der Waals surface area contributed by atoms with Crippen molar-refractivity contribution >= 4 is 11.8 Å². The lowest BCUT2D eigenvalue weighted by molar-refractivity contribution is -0.127. The molecule has 2 atom stereocenters. The highest BCUT2D eigenvalue weighted by molar-refractivity contribution is 5.85. The topological polar surface area (TPSA) is 72.2 Å². The number of carbonyl (C=O) groups excluding carboxylic acids is 2. The van der Waals surface area contributed by atoms with E-state index in [2.05, 4.69) is 5.32 Å². The lowest BCUT2D eigenvalue weighted by Crippen LogP contribution is -2.47. The van der Waals surface area contributed by atoms with E-state index < -0.39 is 11.9 Å². The Hall–Kier alpha value is -1.06. The Morgan fingerprint density at radius 1 is 1.50 bits per heavy atom. The Kier molecular flexibility index (Phi) is 4.33. The summed E-state index contributed by atoms with van der Waals surface area (Å²) < 4.78 is 0. The van der Waals surface area contributed by atoms with Gasteiger partial charge >= 0.3 is 0 Å². The van der Waals surface area contributed by atoms with E-state index in [-0.39, 0.29) is 11.8 Å². The molecule has 12 heavy (non-hydrogen) atoms. The van der Waals surface area contributed by atoms with Crippen molar-refractivity contribution in [2.45, 2.75) is 33.2 Å². The maximum Gasteiger partial charge on any atom is 0.240 e. The summed E-state index contributed by atoms with van der Waals surface area (Å²) in [5, 5.41) is 2.52. The molecular formula is C8H16N2O2. The van der Waals surface area contributed by atoms with E-state index in [0.29, 0.717) is 0 Å². The fourth-order valence-electron chi connectivity index (χ4n) is 0.948. The molecule has 0 aliphatic carbocycles. The molecule has 4 heteroatoms. The third-order valence-electron chi connectivity index (χ3n) is 1.88. The first kappa shape index (κ1) is 10.9. The van der Waals surface area contributed by atoms with Crippen molar-refractivity contribution in [3.05, 3.63) is 0 Å². The van der Waals surface area contributed by atoms with Crippen molar-refractivity contribution in [2.75, 3.05) is 0 Å². The first-order chi connectivity index (χ1) is 5.49. The second kappa shape index (κ2) is 4.74. The normalized spacial score (nSPS) is 14.9. The molecular weight excluding hydrogens is 156 g/mol. The van der Waals surface area contributed by atoms with E-state index in [9.17, 15) is 9.59 Å². The zero-order chi connectivity index (χ0) is 9.72. The highest BCUT2D eigenvalue weighted by Gasteiger charge is 2.21. The van der Waals surface area contributed by atoms with Crippen molar-refractivity contribution in [1.29, 1.82) is 0 Å². The van der Waals surface area contributed by atoms with Crippen LogP contribution in [-0.2, 0) is 9.59 Å². The summed E-state index contributed by atoms with van der Waals surface area (Å²) in [5.74, 6) is -0.606. The maximum absolute atomic E-state index is 10.8. The molecule has 0 heterocycles. The molecule has 0 aromatic heterocycles. The third kappa shape index (κ3) is 3.37. The molecule has 4 nitrogen and oxygen atoms in total. The molecule has 2 amide bonds. The van der Waals surface area contributed by atoms with Gasteiger partial charge in [-0.25, -0.2) is 0 Å². The van der Waals surface area contributed by atoms with Gasteiger partial charge in [-0.2, -0.15) is 0 Å². The molecule has 0 aliphatic heterocycles. The van der Waals surface area contributed by atoms with Gasteiger partial charge in [0.2, 0.25) is 11.8 Å². The molecule has 3 N–H and O–H groups in total. The number of primary amides is 1. The molecule has 0 bridgehead atoms. The molecule has 0 radical (unpaired) electrons. The summed E-state index contributed by atoms with van der Waals surface area (Å²) in [7, 11) is 0. The van der Waals surface area contributed by atoms with Gasteiger partial charge in [0.1, 0.15) is 6.04 Å². The smallest absolute Gasteiger partial charge is 0.240 e. The van der Waals surface area contributed by atoms with E-state index in [0.717, 1.165) is 6.42 Å². The van der Waals surface area contributed by atoms with Crippen molar-refractivity contribution in [1.82, 2.24) is 5.32 Å². The van der Waals surface area contributed by atoms with Crippen LogP contribution in [0.15, 0.2) is 0 Å². The predicted molar refractivity (Wildman–Crippen MR) is 46.3 cm³/mol. The second-order valence-electron chi connectivity index (χ2n) is 2.97. The number of carbonyl (C=O) groups is 2. The number of hydrogen-bond donors (Lipinski definition) is 2. The van der Waals surface area contributed by atoms with Crippen LogP contribution in [0, 0.1) is 5.92 Å². The Morgan fingerprint density at radius 3 is 2.25 bits per heavy atom. The van der Waals surface area contributed by atoms with Crippen LogP contribution in [0.1, 0.15) is 27.2 Å². The van der Waals surface area contributed by atoms with Crippen LogP contribution in [0.4, 0.5) is 0 Å². The van der Waals surface area contributed by atoms with Crippen LogP contribution in [0.5, 0.6) is 0 Å². The summed E-state index contributed by atoms with van der Waals surface area (Å²) in [6, 6.07) is -0.535. The Bertz CT molecular complexity index is 180. The molecule has 0 saturated carbocycles. The van der Waals surface area contributed by atoms with Crippen LogP contribution in [0.25, 0.3) is 0 Å². The Labute approximate surface area is 72.5 Å². The molecule has 70 valence electrons. The van der Waals surface area contributed by atoms with Gasteiger partial charge in [0.05, 0.1) is 0 Å². The zero-order valence-corrected chi connectivity index (χ0v) is 7.76.